The number of hydrogen-bond donors (Lipinski definition) is 1. The highest BCUT2D eigenvalue weighted by Gasteiger charge is 2.16. The third-order valence-electron chi connectivity index (χ3n) is 4.12. The summed E-state index contributed by atoms with van der Waals surface area (Å²) in [6.45, 7) is 3.88. The number of ether oxygens (including phenoxy) is 2. The fourth-order valence-electron chi connectivity index (χ4n) is 2.72. The number of carbonyl (C=O) groups is 2. The van der Waals surface area contributed by atoms with Gasteiger partial charge in [0.2, 0.25) is 0 Å². The molecular formula is C21H24NO5-. The van der Waals surface area contributed by atoms with E-state index in [1.54, 1.807) is 31.4 Å². The summed E-state index contributed by atoms with van der Waals surface area (Å²) in [4.78, 5) is 23.4. The van der Waals surface area contributed by atoms with Crippen LogP contribution in [0.4, 0.5) is 0 Å². The molecule has 1 unspecified atom stereocenters. The van der Waals surface area contributed by atoms with Gasteiger partial charge >= 0.3 is 0 Å². The molecule has 27 heavy (non-hydrogen) atoms. The van der Waals surface area contributed by atoms with Crippen molar-refractivity contribution in [2.45, 2.75) is 32.2 Å². The smallest absolute Gasteiger partial charge is 0.258 e. The Labute approximate surface area is 159 Å². The van der Waals surface area contributed by atoms with Crippen LogP contribution >= 0.6 is 0 Å². The van der Waals surface area contributed by atoms with Crippen LogP contribution in [0.2, 0.25) is 0 Å². The van der Waals surface area contributed by atoms with Gasteiger partial charge < -0.3 is 24.7 Å². The normalized spacial score (nSPS) is 11.7. The molecule has 0 fully saturated rings. The zero-order chi connectivity index (χ0) is 19.8. The van der Waals surface area contributed by atoms with E-state index in [1.807, 2.05) is 38.1 Å². The topological polar surface area (TPSA) is 87.7 Å². The van der Waals surface area contributed by atoms with Crippen molar-refractivity contribution in [2.75, 3.05) is 13.7 Å². The molecule has 0 saturated heterocycles. The van der Waals surface area contributed by atoms with Crippen molar-refractivity contribution in [3.05, 3.63) is 59.7 Å². The monoisotopic (exact) mass is 370 g/mol. The largest absolute Gasteiger partial charge is 0.550 e. The van der Waals surface area contributed by atoms with Crippen molar-refractivity contribution in [1.29, 1.82) is 0 Å². The van der Waals surface area contributed by atoms with Gasteiger partial charge in [-0.3, -0.25) is 4.79 Å². The molecule has 0 aliphatic heterocycles. The Morgan fingerprint density at radius 3 is 2.33 bits per heavy atom. The number of carboxylic acids is 1. The van der Waals surface area contributed by atoms with Gasteiger partial charge in [-0.15, -0.1) is 0 Å². The summed E-state index contributed by atoms with van der Waals surface area (Å²) in [7, 11) is 1.54. The molecule has 0 saturated carbocycles. The van der Waals surface area contributed by atoms with Crippen LogP contribution < -0.4 is 19.9 Å². The van der Waals surface area contributed by atoms with Gasteiger partial charge in [-0.2, -0.15) is 0 Å². The summed E-state index contributed by atoms with van der Waals surface area (Å²) >= 11 is 0. The maximum absolute atomic E-state index is 12.3. The number of methoxy groups -OCH3 is 1. The molecule has 1 N–H and O–H groups in total. The Morgan fingerprint density at radius 1 is 1.07 bits per heavy atom. The fraction of sp³-hybridized carbons (Fsp3) is 0.333. The van der Waals surface area contributed by atoms with E-state index in [2.05, 4.69) is 5.32 Å². The van der Waals surface area contributed by atoms with Crippen LogP contribution in [-0.4, -0.2) is 25.6 Å². The van der Waals surface area contributed by atoms with Crippen molar-refractivity contribution in [1.82, 2.24) is 5.32 Å². The molecule has 0 aliphatic rings. The van der Waals surface area contributed by atoms with E-state index in [4.69, 9.17) is 9.47 Å². The van der Waals surface area contributed by atoms with Crippen molar-refractivity contribution in [2.24, 2.45) is 0 Å². The second kappa shape index (κ2) is 9.62. The maximum Gasteiger partial charge on any atom is 0.258 e. The SMILES string of the molecule is COc1ccc(C(CC(=O)[O-])NC(=O)COc2ccccc2C(C)C)cc1. The molecule has 0 aromatic heterocycles. The molecule has 0 radical (unpaired) electrons. The number of amides is 1. The summed E-state index contributed by atoms with van der Waals surface area (Å²) < 4.78 is 10.7. The Morgan fingerprint density at radius 2 is 1.74 bits per heavy atom. The summed E-state index contributed by atoms with van der Waals surface area (Å²) in [5.41, 5.74) is 1.66. The van der Waals surface area contributed by atoms with Crippen LogP contribution in [0.3, 0.4) is 0 Å². The summed E-state index contributed by atoms with van der Waals surface area (Å²) in [5, 5.41) is 13.8. The Kier molecular flexibility index (Phi) is 7.23. The lowest BCUT2D eigenvalue weighted by molar-refractivity contribution is -0.306. The van der Waals surface area contributed by atoms with Crippen molar-refractivity contribution < 1.29 is 24.2 Å². The maximum atomic E-state index is 12.3. The molecule has 0 spiro atoms. The number of nitrogens with one attached hydrogen (secondary N) is 1. The Balaban J connectivity index is 2.04. The molecule has 2 rings (SSSR count). The van der Waals surface area contributed by atoms with Gasteiger partial charge in [-0.25, -0.2) is 0 Å². The number of para-hydroxylation sites is 1. The number of aliphatic carboxylic acids is 1. The highest BCUT2D eigenvalue weighted by Crippen LogP contribution is 2.26. The lowest BCUT2D eigenvalue weighted by atomic mass is 10.0. The van der Waals surface area contributed by atoms with Crippen LogP contribution in [0.15, 0.2) is 48.5 Å². The molecule has 144 valence electrons. The van der Waals surface area contributed by atoms with Crippen LogP contribution in [-0.2, 0) is 9.59 Å². The van der Waals surface area contributed by atoms with E-state index >= 15 is 0 Å². The first-order chi connectivity index (χ1) is 12.9. The minimum atomic E-state index is -1.25. The molecule has 1 atom stereocenters. The van der Waals surface area contributed by atoms with E-state index in [-0.39, 0.29) is 18.9 Å². The highest BCUT2D eigenvalue weighted by molar-refractivity contribution is 5.79. The van der Waals surface area contributed by atoms with E-state index in [0.717, 1.165) is 5.56 Å². The van der Waals surface area contributed by atoms with Gasteiger partial charge in [-0.1, -0.05) is 44.2 Å². The molecule has 2 aromatic rings. The Hall–Kier alpha value is -3.02. The van der Waals surface area contributed by atoms with Crippen LogP contribution in [0.25, 0.3) is 0 Å². The number of rotatable bonds is 9. The quantitative estimate of drug-likeness (QED) is 0.731. The lowest BCUT2D eigenvalue weighted by Crippen LogP contribution is -2.36. The average molecular weight is 370 g/mol. The first-order valence-corrected chi connectivity index (χ1v) is 8.75. The zero-order valence-electron chi connectivity index (χ0n) is 15.7. The number of benzene rings is 2. The second-order valence-electron chi connectivity index (χ2n) is 6.45. The molecular weight excluding hydrogens is 346 g/mol. The van der Waals surface area contributed by atoms with Crippen molar-refractivity contribution >= 4 is 11.9 Å². The zero-order valence-corrected chi connectivity index (χ0v) is 15.7. The van der Waals surface area contributed by atoms with E-state index in [0.29, 0.717) is 17.1 Å². The van der Waals surface area contributed by atoms with Gasteiger partial charge in [0.15, 0.2) is 6.61 Å². The predicted molar refractivity (Wildman–Crippen MR) is 99.5 cm³/mol. The third kappa shape index (κ3) is 6.02. The van der Waals surface area contributed by atoms with E-state index < -0.39 is 17.9 Å². The first kappa shape index (κ1) is 20.3. The predicted octanol–water partition coefficient (Wildman–Crippen LogP) is 2.19. The molecule has 6 nitrogen and oxygen atoms in total. The molecule has 0 bridgehead atoms. The standard InChI is InChI=1S/C21H25NO5/c1-14(2)17-6-4-5-7-19(17)27-13-20(23)22-18(12-21(24)25)15-8-10-16(26-3)11-9-15/h4-11,14,18H,12-13H2,1-3H3,(H,22,23)(H,24,25)/p-1. The van der Waals surface area contributed by atoms with Crippen LogP contribution in [0.1, 0.15) is 43.4 Å². The van der Waals surface area contributed by atoms with Crippen LogP contribution in [0, 0.1) is 0 Å². The molecule has 2 aromatic carbocycles. The number of carboxylic acid groups (broad SMARTS) is 1. The minimum Gasteiger partial charge on any atom is -0.550 e. The highest BCUT2D eigenvalue weighted by atomic mass is 16.5. The number of carbonyl (C=O) groups excluding carboxylic acids is 2. The van der Waals surface area contributed by atoms with Gasteiger partial charge in [-0.05, 0) is 35.2 Å². The number of hydrogen-bond acceptors (Lipinski definition) is 5. The van der Waals surface area contributed by atoms with Crippen molar-refractivity contribution in [3.63, 3.8) is 0 Å². The van der Waals surface area contributed by atoms with Crippen molar-refractivity contribution in [3.8, 4) is 11.5 Å². The van der Waals surface area contributed by atoms with Gasteiger partial charge in [0, 0.05) is 12.4 Å². The fourth-order valence-corrected chi connectivity index (χ4v) is 2.72. The molecule has 0 aliphatic carbocycles. The Bertz CT molecular complexity index is 770. The van der Waals surface area contributed by atoms with E-state index in [9.17, 15) is 14.7 Å². The second-order valence-corrected chi connectivity index (χ2v) is 6.45. The summed E-state index contributed by atoms with van der Waals surface area (Å²) in [6, 6.07) is 13.6. The molecule has 6 heteroatoms. The average Bonchev–Trinajstić information content (AvgIpc) is 2.65. The van der Waals surface area contributed by atoms with E-state index in [1.165, 1.54) is 0 Å². The third-order valence-corrected chi connectivity index (χ3v) is 4.12. The van der Waals surface area contributed by atoms with Gasteiger partial charge in [0.05, 0.1) is 13.2 Å². The summed E-state index contributed by atoms with van der Waals surface area (Å²) in [5.74, 6) is -0.110. The summed E-state index contributed by atoms with van der Waals surface area (Å²) in [6.07, 6.45) is -0.333. The lowest BCUT2D eigenvalue weighted by Gasteiger charge is -2.20. The minimum absolute atomic E-state index is 0.205. The first-order valence-electron chi connectivity index (χ1n) is 8.75. The molecule has 1 amide bonds. The van der Waals surface area contributed by atoms with Crippen LogP contribution in [0.5, 0.6) is 11.5 Å². The van der Waals surface area contributed by atoms with Gasteiger partial charge in [0.1, 0.15) is 11.5 Å². The van der Waals surface area contributed by atoms with Gasteiger partial charge in [0.25, 0.3) is 5.91 Å². The molecule has 0 heterocycles.